The second kappa shape index (κ2) is 11.1. The van der Waals surface area contributed by atoms with Crippen molar-refractivity contribution in [3.05, 3.63) is 42.3 Å². The smallest absolute Gasteiger partial charge is 0.193 e. The lowest BCUT2D eigenvalue weighted by Gasteiger charge is -2.36. The Bertz CT molecular complexity index is 760. The molecule has 1 aromatic heterocycles. The standard InChI is InChI=1S/C21H31N5O2S/c1-17(16-29-20-7-5-4-6-19(20)27-3)14-23-21(22-2)26-11-9-25(10-12-26)15-18-8-13-28-24-18/h4-8,13,17H,9-12,14-16H2,1-3H3,(H,22,23). The van der Waals surface area contributed by atoms with Crippen LogP contribution in [0.15, 0.2) is 51.0 Å². The second-order valence-electron chi connectivity index (χ2n) is 7.25. The van der Waals surface area contributed by atoms with Crippen molar-refractivity contribution in [1.82, 2.24) is 20.3 Å². The van der Waals surface area contributed by atoms with Gasteiger partial charge in [0.15, 0.2) is 5.96 Å². The average Bonchev–Trinajstić information content (AvgIpc) is 3.27. The fourth-order valence-electron chi connectivity index (χ4n) is 3.29. The van der Waals surface area contributed by atoms with Crippen LogP contribution in [-0.2, 0) is 6.54 Å². The van der Waals surface area contributed by atoms with Gasteiger partial charge in [0.25, 0.3) is 0 Å². The van der Waals surface area contributed by atoms with Gasteiger partial charge >= 0.3 is 0 Å². The minimum Gasteiger partial charge on any atom is -0.496 e. The molecule has 1 aromatic carbocycles. The minimum atomic E-state index is 0.509. The lowest BCUT2D eigenvalue weighted by Crippen LogP contribution is -2.52. The number of piperazine rings is 1. The summed E-state index contributed by atoms with van der Waals surface area (Å²) >= 11 is 1.84. The van der Waals surface area contributed by atoms with Gasteiger partial charge in [-0.25, -0.2) is 0 Å². The van der Waals surface area contributed by atoms with E-state index in [1.807, 2.05) is 37.0 Å². The van der Waals surface area contributed by atoms with Gasteiger partial charge in [-0.3, -0.25) is 9.89 Å². The highest BCUT2D eigenvalue weighted by Gasteiger charge is 2.20. The molecule has 158 valence electrons. The van der Waals surface area contributed by atoms with Gasteiger partial charge in [-0.2, -0.15) is 0 Å². The first-order valence-corrected chi connectivity index (χ1v) is 11.0. The molecule has 1 atom stereocenters. The molecule has 1 N–H and O–H groups in total. The Labute approximate surface area is 177 Å². The number of methoxy groups -OCH3 is 1. The monoisotopic (exact) mass is 417 g/mol. The summed E-state index contributed by atoms with van der Waals surface area (Å²) in [5.74, 6) is 3.46. The highest BCUT2D eigenvalue weighted by molar-refractivity contribution is 7.99. The fourth-order valence-corrected chi connectivity index (χ4v) is 4.34. The predicted octanol–water partition coefficient (Wildman–Crippen LogP) is 2.80. The van der Waals surface area contributed by atoms with E-state index >= 15 is 0 Å². The molecule has 0 radical (unpaired) electrons. The van der Waals surface area contributed by atoms with Crippen LogP contribution in [0.4, 0.5) is 0 Å². The van der Waals surface area contributed by atoms with Crippen LogP contribution in [0, 0.1) is 5.92 Å². The average molecular weight is 418 g/mol. The molecule has 0 amide bonds. The summed E-state index contributed by atoms with van der Waals surface area (Å²) in [5.41, 5.74) is 0.988. The van der Waals surface area contributed by atoms with E-state index < -0.39 is 0 Å². The lowest BCUT2D eigenvalue weighted by molar-refractivity contribution is 0.169. The van der Waals surface area contributed by atoms with Crippen LogP contribution in [0.25, 0.3) is 0 Å². The third-order valence-electron chi connectivity index (χ3n) is 4.96. The van der Waals surface area contributed by atoms with Crippen LogP contribution in [0.3, 0.4) is 0 Å². The zero-order chi connectivity index (χ0) is 20.5. The first-order valence-electron chi connectivity index (χ1n) is 10.0. The number of thioether (sulfide) groups is 1. The maximum absolute atomic E-state index is 5.44. The van der Waals surface area contributed by atoms with Crippen molar-refractivity contribution in [2.45, 2.75) is 18.4 Å². The molecule has 8 heteroatoms. The first-order chi connectivity index (χ1) is 14.2. The summed E-state index contributed by atoms with van der Waals surface area (Å²) in [6, 6.07) is 10.1. The summed E-state index contributed by atoms with van der Waals surface area (Å²) in [7, 11) is 3.58. The predicted molar refractivity (Wildman–Crippen MR) is 118 cm³/mol. The summed E-state index contributed by atoms with van der Waals surface area (Å²) in [6.07, 6.45) is 1.63. The number of guanidine groups is 1. The molecular formula is C21H31N5O2S. The van der Waals surface area contributed by atoms with Crippen molar-refractivity contribution in [2.24, 2.45) is 10.9 Å². The zero-order valence-corrected chi connectivity index (χ0v) is 18.3. The third-order valence-corrected chi connectivity index (χ3v) is 6.35. The Kier molecular flexibility index (Phi) is 8.25. The van der Waals surface area contributed by atoms with Crippen LogP contribution in [0.2, 0.25) is 0 Å². The van der Waals surface area contributed by atoms with E-state index in [9.17, 15) is 0 Å². The molecule has 0 spiro atoms. The van der Waals surface area contributed by atoms with Crippen molar-refractivity contribution in [2.75, 3.05) is 52.6 Å². The molecule has 0 bridgehead atoms. The summed E-state index contributed by atoms with van der Waals surface area (Å²) in [4.78, 5) is 10.4. The Hall–Kier alpha value is -2.19. The number of nitrogens with zero attached hydrogens (tertiary/aromatic N) is 4. The number of hydrogen-bond acceptors (Lipinski definition) is 6. The maximum atomic E-state index is 5.44. The molecule has 3 rings (SSSR count). The van der Waals surface area contributed by atoms with Gasteiger partial charge in [0.05, 0.1) is 12.8 Å². The Morgan fingerprint density at radius 1 is 1.28 bits per heavy atom. The maximum Gasteiger partial charge on any atom is 0.193 e. The number of aliphatic imine (C=N–C) groups is 1. The van der Waals surface area contributed by atoms with Crippen molar-refractivity contribution in [3.63, 3.8) is 0 Å². The molecule has 2 aromatic rings. The molecule has 1 fully saturated rings. The van der Waals surface area contributed by atoms with E-state index in [-0.39, 0.29) is 0 Å². The quantitative estimate of drug-likeness (QED) is 0.402. The Morgan fingerprint density at radius 3 is 2.76 bits per heavy atom. The molecule has 1 aliphatic heterocycles. The number of hydrogen-bond donors (Lipinski definition) is 1. The van der Waals surface area contributed by atoms with Crippen LogP contribution < -0.4 is 10.1 Å². The highest BCUT2D eigenvalue weighted by Crippen LogP contribution is 2.29. The second-order valence-corrected chi connectivity index (χ2v) is 8.31. The molecule has 1 unspecified atom stereocenters. The van der Waals surface area contributed by atoms with Crippen molar-refractivity contribution < 1.29 is 9.26 Å². The van der Waals surface area contributed by atoms with Gasteiger partial charge in [-0.05, 0) is 18.1 Å². The summed E-state index contributed by atoms with van der Waals surface area (Å²) < 4.78 is 10.4. The summed E-state index contributed by atoms with van der Waals surface area (Å²) in [6.45, 7) is 7.91. The number of nitrogens with one attached hydrogen (secondary N) is 1. The molecule has 0 aliphatic carbocycles. The van der Waals surface area contributed by atoms with E-state index in [1.54, 1.807) is 13.4 Å². The molecule has 7 nitrogen and oxygen atoms in total. The van der Waals surface area contributed by atoms with E-state index in [1.165, 1.54) is 4.90 Å². The molecule has 0 saturated carbocycles. The molecule has 29 heavy (non-hydrogen) atoms. The number of ether oxygens (including phenoxy) is 1. The van der Waals surface area contributed by atoms with Crippen LogP contribution in [0.1, 0.15) is 12.6 Å². The van der Waals surface area contributed by atoms with Gasteiger partial charge in [-0.1, -0.05) is 24.2 Å². The van der Waals surface area contributed by atoms with Gasteiger partial charge in [-0.15, -0.1) is 11.8 Å². The lowest BCUT2D eigenvalue weighted by atomic mass is 10.2. The van der Waals surface area contributed by atoms with E-state index in [2.05, 4.69) is 44.3 Å². The van der Waals surface area contributed by atoms with Gasteiger partial charge in [0.1, 0.15) is 12.0 Å². The first kappa shape index (κ1) is 21.5. The highest BCUT2D eigenvalue weighted by atomic mass is 32.2. The largest absolute Gasteiger partial charge is 0.496 e. The molecule has 2 heterocycles. The number of para-hydroxylation sites is 1. The Morgan fingerprint density at radius 2 is 2.07 bits per heavy atom. The van der Waals surface area contributed by atoms with Gasteiger partial charge in [0.2, 0.25) is 0 Å². The SMILES string of the molecule is CN=C(NCC(C)CSc1ccccc1OC)N1CCN(Cc2ccon2)CC1. The van der Waals surface area contributed by atoms with E-state index in [0.29, 0.717) is 5.92 Å². The van der Waals surface area contributed by atoms with Crippen molar-refractivity contribution in [3.8, 4) is 5.75 Å². The number of aromatic nitrogens is 1. The van der Waals surface area contributed by atoms with Crippen LogP contribution in [-0.4, -0.2) is 73.6 Å². The molecule has 1 aliphatic rings. The van der Waals surface area contributed by atoms with Crippen molar-refractivity contribution in [1.29, 1.82) is 0 Å². The van der Waals surface area contributed by atoms with E-state index in [4.69, 9.17) is 9.26 Å². The van der Waals surface area contributed by atoms with Gasteiger partial charge in [0, 0.05) is 63.0 Å². The van der Waals surface area contributed by atoms with Gasteiger partial charge < -0.3 is 19.5 Å². The normalized spacial score (nSPS) is 16.7. The molecular weight excluding hydrogens is 386 g/mol. The molecule has 1 saturated heterocycles. The van der Waals surface area contributed by atoms with Crippen molar-refractivity contribution >= 4 is 17.7 Å². The van der Waals surface area contributed by atoms with Crippen LogP contribution in [0.5, 0.6) is 5.75 Å². The van der Waals surface area contributed by atoms with E-state index in [0.717, 1.165) is 62.4 Å². The Balaban J connectivity index is 1.40. The number of rotatable bonds is 8. The zero-order valence-electron chi connectivity index (χ0n) is 17.5. The minimum absolute atomic E-state index is 0.509. The topological polar surface area (TPSA) is 66.1 Å². The third kappa shape index (κ3) is 6.40. The number of benzene rings is 1. The summed E-state index contributed by atoms with van der Waals surface area (Å²) in [5, 5.41) is 7.55. The fraction of sp³-hybridized carbons (Fsp3) is 0.524. The van der Waals surface area contributed by atoms with Crippen LogP contribution >= 0.6 is 11.8 Å².